The summed E-state index contributed by atoms with van der Waals surface area (Å²) in [6, 6.07) is 6.04. The van der Waals surface area contributed by atoms with Crippen molar-refractivity contribution in [2.24, 2.45) is 4.99 Å². The topological polar surface area (TPSA) is 67.8 Å². The molecule has 6 nitrogen and oxygen atoms in total. The van der Waals surface area contributed by atoms with Gasteiger partial charge in [0.2, 0.25) is 0 Å². The highest BCUT2D eigenvalue weighted by Crippen LogP contribution is 2.32. The molecule has 0 atom stereocenters. The molecule has 1 heterocycles. The molecule has 1 aromatic heterocycles. The monoisotopic (exact) mass is 518 g/mol. The molecule has 1 aromatic carbocycles. The van der Waals surface area contributed by atoms with E-state index in [4.69, 9.17) is 9.47 Å². The van der Waals surface area contributed by atoms with Gasteiger partial charge >= 0.3 is 0 Å². The van der Waals surface area contributed by atoms with Crippen molar-refractivity contribution in [3.63, 3.8) is 0 Å². The molecule has 0 aliphatic rings. The molecular weight excluding hydrogens is 487 g/mol. The second-order valence-electron chi connectivity index (χ2n) is 6.97. The van der Waals surface area contributed by atoms with E-state index in [2.05, 4.69) is 40.5 Å². The highest BCUT2D eigenvalue weighted by molar-refractivity contribution is 14.0. The number of nitrogens with zero attached hydrogens (tertiary/aromatic N) is 2. The predicted molar refractivity (Wildman–Crippen MR) is 128 cm³/mol. The number of ether oxygens (including phenoxy) is 2. The number of rotatable bonds is 7. The lowest BCUT2D eigenvalue weighted by Crippen LogP contribution is -2.43. The Bertz CT molecular complexity index is 805. The number of hydrogen-bond acceptors (Lipinski definition) is 5. The summed E-state index contributed by atoms with van der Waals surface area (Å²) in [5.41, 5.74) is 2.12. The third-order valence-corrected chi connectivity index (χ3v) is 5.58. The molecule has 0 aliphatic heterocycles. The van der Waals surface area contributed by atoms with Gasteiger partial charge in [0.05, 0.1) is 31.5 Å². The van der Waals surface area contributed by atoms with Gasteiger partial charge in [-0.2, -0.15) is 0 Å². The molecule has 0 fully saturated rings. The number of thiazole rings is 1. The van der Waals surface area contributed by atoms with Crippen LogP contribution >= 0.6 is 35.3 Å². The lowest BCUT2D eigenvalue weighted by atomic mass is 9.84. The summed E-state index contributed by atoms with van der Waals surface area (Å²) in [7, 11) is 5.08. The molecule has 0 aliphatic carbocycles. The summed E-state index contributed by atoms with van der Waals surface area (Å²) in [6.45, 7) is 9.88. The Morgan fingerprint density at radius 1 is 1.14 bits per heavy atom. The van der Waals surface area contributed by atoms with E-state index in [1.165, 1.54) is 4.88 Å². The first-order valence-corrected chi connectivity index (χ1v) is 9.72. The maximum atomic E-state index is 5.43. The predicted octanol–water partition coefficient (Wildman–Crippen LogP) is 4.04. The van der Waals surface area contributed by atoms with Gasteiger partial charge in [0.15, 0.2) is 17.5 Å². The number of hydrogen-bond donors (Lipinski definition) is 2. The zero-order chi connectivity index (χ0) is 20.0. The average Bonchev–Trinajstić information content (AvgIpc) is 2.98. The molecule has 0 radical (unpaired) electrons. The molecule has 0 spiro atoms. The minimum atomic E-state index is -0.117. The molecule has 28 heavy (non-hydrogen) atoms. The first-order chi connectivity index (χ1) is 12.8. The Kier molecular flexibility index (Phi) is 9.49. The number of aromatic nitrogens is 1. The molecule has 0 saturated heterocycles. The Morgan fingerprint density at radius 2 is 1.82 bits per heavy atom. The Hall–Kier alpha value is -1.55. The van der Waals surface area contributed by atoms with Crippen LogP contribution in [0.15, 0.2) is 23.2 Å². The number of aliphatic imine (C=N–C) groups is 1. The van der Waals surface area contributed by atoms with Crippen molar-refractivity contribution in [1.82, 2.24) is 15.6 Å². The number of aryl methyl sites for hydroxylation is 2. The van der Waals surface area contributed by atoms with E-state index < -0.39 is 0 Å². The fourth-order valence-electron chi connectivity index (χ4n) is 2.79. The summed E-state index contributed by atoms with van der Waals surface area (Å²) in [6.07, 6.45) is 0. The molecule has 2 rings (SSSR count). The zero-order valence-corrected chi connectivity index (χ0v) is 20.8. The van der Waals surface area contributed by atoms with Crippen molar-refractivity contribution >= 4 is 41.3 Å². The number of halogens is 1. The average molecular weight is 518 g/mol. The number of guanidine groups is 1. The number of methoxy groups -OCH3 is 2. The molecule has 156 valence electrons. The van der Waals surface area contributed by atoms with Gasteiger partial charge in [0.1, 0.15) is 0 Å². The van der Waals surface area contributed by atoms with Crippen LogP contribution in [0.3, 0.4) is 0 Å². The Morgan fingerprint density at radius 3 is 2.36 bits per heavy atom. The molecule has 2 aromatic rings. The number of benzene rings is 1. The maximum Gasteiger partial charge on any atom is 0.191 e. The standard InChI is InChI=1S/C20H30N4O2S.HI/c1-13-18(27-14(2)24-13)11-22-19(21-5)23-12-20(3,4)15-8-9-16(25-6)17(10-15)26-7;/h8-10H,11-12H2,1-7H3,(H2,21,22,23);1H. The van der Waals surface area contributed by atoms with Gasteiger partial charge in [-0.1, -0.05) is 19.9 Å². The Balaban J connectivity index is 0.00000392. The van der Waals surface area contributed by atoms with E-state index in [0.717, 1.165) is 40.3 Å². The van der Waals surface area contributed by atoms with Crippen molar-refractivity contribution in [1.29, 1.82) is 0 Å². The SMILES string of the molecule is CN=C(NCc1sc(C)nc1C)NCC(C)(C)c1ccc(OC)c(OC)c1.I. The largest absolute Gasteiger partial charge is 0.493 e. The van der Waals surface area contributed by atoms with Crippen LogP contribution in [0.1, 0.15) is 35.0 Å². The first-order valence-electron chi connectivity index (χ1n) is 8.90. The molecule has 0 unspecified atom stereocenters. The second kappa shape index (κ2) is 10.8. The summed E-state index contributed by atoms with van der Waals surface area (Å²) in [5.74, 6) is 2.24. The van der Waals surface area contributed by atoms with Gasteiger partial charge in [0.25, 0.3) is 0 Å². The van der Waals surface area contributed by atoms with Crippen molar-refractivity contribution in [3.8, 4) is 11.5 Å². The lowest BCUT2D eigenvalue weighted by Gasteiger charge is -2.27. The van der Waals surface area contributed by atoms with Crippen LogP contribution in [0.25, 0.3) is 0 Å². The zero-order valence-electron chi connectivity index (χ0n) is 17.7. The normalized spacial score (nSPS) is 11.6. The van der Waals surface area contributed by atoms with Crippen LogP contribution in [0.4, 0.5) is 0 Å². The molecule has 2 N–H and O–H groups in total. The second-order valence-corrected chi connectivity index (χ2v) is 8.26. The Labute approximate surface area is 189 Å². The first kappa shape index (κ1) is 24.5. The van der Waals surface area contributed by atoms with Gasteiger partial charge in [-0.3, -0.25) is 4.99 Å². The fraction of sp³-hybridized carbons (Fsp3) is 0.500. The molecule has 0 amide bonds. The van der Waals surface area contributed by atoms with E-state index in [9.17, 15) is 0 Å². The van der Waals surface area contributed by atoms with E-state index in [1.54, 1.807) is 32.6 Å². The van der Waals surface area contributed by atoms with Crippen LogP contribution in [0.2, 0.25) is 0 Å². The molecular formula is C20H31IN4O2S. The van der Waals surface area contributed by atoms with Crippen molar-refractivity contribution < 1.29 is 9.47 Å². The molecule has 8 heteroatoms. The quantitative estimate of drug-likeness (QED) is 0.329. The summed E-state index contributed by atoms with van der Waals surface area (Å²) in [4.78, 5) is 10.0. The van der Waals surface area contributed by atoms with Crippen LogP contribution in [-0.4, -0.2) is 38.8 Å². The fourth-order valence-corrected chi connectivity index (χ4v) is 3.66. The van der Waals surface area contributed by atoms with Crippen LogP contribution in [-0.2, 0) is 12.0 Å². The van der Waals surface area contributed by atoms with Gasteiger partial charge in [-0.25, -0.2) is 4.98 Å². The van der Waals surface area contributed by atoms with E-state index in [1.807, 2.05) is 26.0 Å². The summed E-state index contributed by atoms with van der Waals surface area (Å²) in [5, 5.41) is 7.88. The van der Waals surface area contributed by atoms with Gasteiger partial charge in [-0.05, 0) is 31.5 Å². The number of nitrogens with one attached hydrogen (secondary N) is 2. The third-order valence-electron chi connectivity index (χ3n) is 4.50. The van der Waals surface area contributed by atoms with Gasteiger partial charge < -0.3 is 20.1 Å². The summed E-state index contributed by atoms with van der Waals surface area (Å²) >= 11 is 1.71. The van der Waals surface area contributed by atoms with Crippen LogP contribution in [0.5, 0.6) is 11.5 Å². The van der Waals surface area contributed by atoms with E-state index in [0.29, 0.717) is 6.54 Å². The smallest absolute Gasteiger partial charge is 0.191 e. The van der Waals surface area contributed by atoms with E-state index in [-0.39, 0.29) is 29.4 Å². The maximum absolute atomic E-state index is 5.43. The summed E-state index contributed by atoms with van der Waals surface area (Å²) < 4.78 is 10.8. The van der Waals surface area contributed by atoms with Crippen LogP contribution < -0.4 is 20.1 Å². The van der Waals surface area contributed by atoms with Gasteiger partial charge in [-0.15, -0.1) is 35.3 Å². The highest BCUT2D eigenvalue weighted by atomic mass is 127. The lowest BCUT2D eigenvalue weighted by molar-refractivity contribution is 0.353. The molecule has 0 saturated carbocycles. The van der Waals surface area contributed by atoms with Crippen molar-refractivity contribution in [2.75, 3.05) is 27.8 Å². The molecule has 0 bridgehead atoms. The third kappa shape index (κ3) is 6.23. The van der Waals surface area contributed by atoms with Crippen LogP contribution in [0, 0.1) is 13.8 Å². The van der Waals surface area contributed by atoms with Gasteiger partial charge in [0, 0.05) is 23.9 Å². The van der Waals surface area contributed by atoms with E-state index >= 15 is 0 Å². The highest BCUT2D eigenvalue weighted by Gasteiger charge is 2.23. The van der Waals surface area contributed by atoms with Crippen molar-refractivity contribution in [3.05, 3.63) is 39.3 Å². The minimum Gasteiger partial charge on any atom is -0.493 e. The van der Waals surface area contributed by atoms with Crippen molar-refractivity contribution in [2.45, 2.75) is 39.7 Å². The minimum absolute atomic E-state index is 0.